The maximum absolute atomic E-state index is 12.9. The lowest BCUT2D eigenvalue weighted by Gasteiger charge is -2.33. The third-order valence-corrected chi connectivity index (χ3v) is 5.79. The number of rotatable bonds is 7. The van der Waals surface area contributed by atoms with Crippen LogP contribution in [0.3, 0.4) is 0 Å². The quantitative estimate of drug-likeness (QED) is 0.543. The molecule has 19 heavy (non-hydrogen) atoms. The van der Waals surface area contributed by atoms with Gasteiger partial charge in [-0.1, -0.05) is 12.1 Å². The number of hydrogen-bond donors (Lipinski definition) is 0. The van der Waals surface area contributed by atoms with Gasteiger partial charge in [0.05, 0.1) is 18.4 Å². The van der Waals surface area contributed by atoms with E-state index in [9.17, 15) is 9.47 Å². The Morgan fingerprint density at radius 3 is 1.95 bits per heavy atom. The standard InChI is InChI=1S/C13H20NO4P/c1-5-17-19(16,18-6-2)13(3,4)11-7-9-12(14-15)10-8-11/h7-10H,5-6H2,1-4H3. The van der Waals surface area contributed by atoms with Crippen LogP contribution in [0.15, 0.2) is 29.4 Å². The normalized spacial score (nSPS) is 12.4. The van der Waals surface area contributed by atoms with Crippen molar-refractivity contribution in [3.8, 4) is 0 Å². The second-order valence-corrected chi connectivity index (χ2v) is 7.16. The molecule has 1 aromatic rings. The second-order valence-electron chi connectivity index (χ2n) is 4.53. The Labute approximate surface area is 113 Å². The third kappa shape index (κ3) is 3.30. The maximum Gasteiger partial charge on any atom is 0.340 e. The summed E-state index contributed by atoms with van der Waals surface area (Å²) < 4.78 is 23.6. The number of hydrogen-bond acceptors (Lipinski definition) is 5. The van der Waals surface area contributed by atoms with Gasteiger partial charge in [0.25, 0.3) is 0 Å². The third-order valence-electron chi connectivity index (χ3n) is 2.96. The average molecular weight is 285 g/mol. The summed E-state index contributed by atoms with van der Waals surface area (Å²) in [6.45, 7) is 7.80. The molecule has 0 aliphatic heterocycles. The Hall–Kier alpha value is -1.03. The van der Waals surface area contributed by atoms with E-state index in [0.29, 0.717) is 18.9 Å². The van der Waals surface area contributed by atoms with Gasteiger partial charge in [0.1, 0.15) is 5.69 Å². The van der Waals surface area contributed by atoms with Crippen LogP contribution in [0.5, 0.6) is 0 Å². The fraction of sp³-hybridized carbons (Fsp3) is 0.538. The minimum absolute atomic E-state index is 0.314. The molecule has 0 atom stereocenters. The van der Waals surface area contributed by atoms with Gasteiger partial charge >= 0.3 is 7.60 Å². The van der Waals surface area contributed by atoms with Crippen molar-refractivity contribution in [1.29, 1.82) is 0 Å². The predicted octanol–water partition coefficient (Wildman–Crippen LogP) is 4.59. The van der Waals surface area contributed by atoms with Crippen LogP contribution in [-0.2, 0) is 18.8 Å². The molecule has 6 heteroatoms. The number of nitrogens with zero attached hydrogens (tertiary/aromatic N) is 1. The first-order valence-corrected chi connectivity index (χ1v) is 7.78. The SMILES string of the molecule is CCOP(=O)(OCC)C(C)(C)c1ccc(N=O)cc1. The summed E-state index contributed by atoms with van der Waals surface area (Å²) in [6, 6.07) is 6.63. The lowest BCUT2D eigenvalue weighted by atomic mass is 10.0. The number of benzene rings is 1. The van der Waals surface area contributed by atoms with E-state index < -0.39 is 12.8 Å². The van der Waals surface area contributed by atoms with E-state index in [1.54, 1.807) is 38.1 Å². The van der Waals surface area contributed by atoms with Crippen LogP contribution in [0.2, 0.25) is 0 Å². The van der Waals surface area contributed by atoms with Crippen LogP contribution in [0.4, 0.5) is 5.69 Å². The fourth-order valence-electron chi connectivity index (χ4n) is 1.79. The molecule has 0 amide bonds. The van der Waals surface area contributed by atoms with Crippen molar-refractivity contribution in [3.63, 3.8) is 0 Å². The molecule has 0 saturated heterocycles. The van der Waals surface area contributed by atoms with E-state index in [4.69, 9.17) is 9.05 Å². The highest BCUT2D eigenvalue weighted by Crippen LogP contribution is 2.64. The highest BCUT2D eigenvalue weighted by atomic mass is 31.2. The highest BCUT2D eigenvalue weighted by Gasteiger charge is 2.44. The maximum atomic E-state index is 12.9. The first-order chi connectivity index (χ1) is 8.91. The molecule has 0 aliphatic rings. The molecule has 0 aliphatic carbocycles. The summed E-state index contributed by atoms with van der Waals surface area (Å²) >= 11 is 0. The Bertz CT molecular complexity index is 460. The van der Waals surface area contributed by atoms with E-state index in [-0.39, 0.29) is 0 Å². The lowest BCUT2D eigenvalue weighted by Crippen LogP contribution is -2.21. The molecule has 0 bridgehead atoms. The summed E-state index contributed by atoms with van der Waals surface area (Å²) in [4.78, 5) is 10.4. The van der Waals surface area contributed by atoms with Gasteiger partial charge in [-0.25, -0.2) is 0 Å². The van der Waals surface area contributed by atoms with Gasteiger partial charge in [0, 0.05) is 0 Å². The molecule has 1 aromatic carbocycles. The fourth-order valence-corrected chi connectivity index (χ4v) is 3.65. The van der Waals surface area contributed by atoms with E-state index in [1.165, 1.54) is 0 Å². The molecular weight excluding hydrogens is 265 g/mol. The van der Waals surface area contributed by atoms with Crippen LogP contribution in [0, 0.1) is 4.91 Å². The average Bonchev–Trinajstić information content (AvgIpc) is 2.39. The molecule has 0 N–H and O–H groups in total. The van der Waals surface area contributed by atoms with Crippen LogP contribution in [0.1, 0.15) is 33.3 Å². The minimum atomic E-state index is -3.28. The monoisotopic (exact) mass is 285 g/mol. The molecule has 0 spiro atoms. The zero-order valence-corrected chi connectivity index (χ0v) is 12.6. The van der Waals surface area contributed by atoms with Crippen molar-refractivity contribution in [2.24, 2.45) is 5.18 Å². The molecule has 0 unspecified atom stereocenters. The summed E-state index contributed by atoms with van der Waals surface area (Å²) in [5.74, 6) is 0. The first kappa shape index (κ1) is 16.0. The lowest BCUT2D eigenvalue weighted by molar-refractivity contribution is 0.201. The zero-order chi connectivity index (χ0) is 14.5. The summed E-state index contributed by atoms with van der Waals surface area (Å²) in [6.07, 6.45) is 0. The number of nitroso groups, excluding NO2 is 1. The van der Waals surface area contributed by atoms with Gasteiger partial charge in [-0.15, -0.1) is 4.91 Å². The molecule has 0 aromatic heterocycles. The largest absolute Gasteiger partial charge is 0.340 e. The smallest absolute Gasteiger partial charge is 0.308 e. The molecule has 0 saturated carbocycles. The molecular formula is C13H20NO4P. The molecule has 0 heterocycles. The van der Waals surface area contributed by atoms with Crippen molar-refractivity contribution >= 4 is 13.3 Å². The van der Waals surface area contributed by atoms with Crippen LogP contribution < -0.4 is 0 Å². The molecule has 106 valence electrons. The van der Waals surface area contributed by atoms with Gasteiger partial charge in [-0.3, -0.25) is 4.57 Å². The molecule has 1 rings (SSSR count). The van der Waals surface area contributed by atoms with Gasteiger partial charge in [-0.05, 0) is 50.6 Å². The Morgan fingerprint density at radius 2 is 1.58 bits per heavy atom. The van der Waals surface area contributed by atoms with Crippen molar-refractivity contribution in [1.82, 2.24) is 0 Å². The predicted molar refractivity (Wildman–Crippen MR) is 75.8 cm³/mol. The summed E-state index contributed by atoms with van der Waals surface area (Å²) in [7, 11) is -3.28. The van der Waals surface area contributed by atoms with E-state index >= 15 is 0 Å². The summed E-state index contributed by atoms with van der Waals surface area (Å²) in [5, 5.41) is 2.06. The Kier molecular flexibility index (Phi) is 5.41. The topological polar surface area (TPSA) is 65.0 Å². The Balaban J connectivity index is 3.17. The van der Waals surface area contributed by atoms with Crippen LogP contribution >= 0.6 is 7.60 Å². The minimum Gasteiger partial charge on any atom is -0.308 e. The Morgan fingerprint density at radius 1 is 1.11 bits per heavy atom. The van der Waals surface area contributed by atoms with Crippen molar-refractivity contribution in [2.75, 3.05) is 13.2 Å². The summed E-state index contributed by atoms with van der Waals surface area (Å²) in [5.41, 5.74) is 1.12. The first-order valence-electron chi connectivity index (χ1n) is 6.24. The molecule has 0 fully saturated rings. The van der Waals surface area contributed by atoms with E-state index in [0.717, 1.165) is 5.56 Å². The molecule has 5 nitrogen and oxygen atoms in total. The second kappa shape index (κ2) is 6.42. The van der Waals surface area contributed by atoms with Crippen LogP contribution in [0.25, 0.3) is 0 Å². The molecule has 0 radical (unpaired) electrons. The van der Waals surface area contributed by atoms with E-state index in [2.05, 4.69) is 5.18 Å². The van der Waals surface area contributed by atoms with Gasteiger partial charge in [0.15, 0.2) is 0 Å². The van der Waals surface area contributed by atoms with Crippen molar-refractivity contribution < 1.29 is 13.6 Å². The van der Waals surface area contributed by atoms with Gasteiger partial charge in [-0.2, -0.15) is 0 Å². The van der Waals surface area contributed by atoms with Crippen molar-refractivity contribution in [3.05, 3.63) is 34.7 Å². The van der Waals surface area contributed by atoms with Gasteiger partial charge in [0.2, 0.25) is 0 Å². The highest BCUT2D eigenvalue weighted by molar-refractivity contribution is 7.55. The van der Waals surface area contributed by atoms with Crippen LogP contribution in [-0.4, -0.2) is 13.2 Å². The van der Waals surface area contributed by atoms with Crippen molar-refractivity contribution in [2.45, 2.75) is 32.9 Å². The van der Waals surface area contributed by atoms with Gasteiger partial charge < -0.3 is 9.05 Å². The zero-order valence-electron chi connectivity index (χ0n) is 11.8. The van der Waals surface area contributed by atoms with E-state index in [1.807, 2.05) is 13.8 Å².